The number of pyridine rings is 1. The van der Waals surface area contributed by atoms with Crippen LogP contribution in [0.15, 0.2) is 6.07 Å². The van der Waals surface area contributed by atoms with E-state index in [1.807, 2.05) is 0 Å². The van der Waals surface area contributed by atoms with Gasteiger partial charge in [-0.1, -0.05) is 15.9 Å². The van der Waals surface area contributed by atoms with E-state index in [-0.39, 0.29) is 16.6 Å². The van der Waals surface area contributed by atoms with Gasteiger partial charge in [-0.3, -0.25) is 4.79 Å². The van der Waals surface area contributed by atoms with Gasteiger partial charge in [0.2, 0.25) is 5.95 Å². The highest BCUT2D eigenvalue weighted by Crippen LogP contribution is 2.24. The fraction of sp³-hybridized carbons (Fsp3) is 0.333. The number of carbonyl (C=O) groups is 1. The number of halogens is 4. The largest absolute Gasteiger partial charge is 0.481 e. The van der Waals surface area contributed by atoms with Gasteiger partial charge in [0.15, 0.2) is 0 Å². The summed E-state index contributed by atoms with van der Waals surface area (Å²) in [7, 11) is 0. The topological polar surface area (TPSA) is 50.2 Å². The molecule has 0 amide bonds. The van der Waals surface area contributed by atoms with Crippen molar-refractivity contribution >= 4 is 21.9 Å². The third kappa shape index (κ3) is 2.94. The van der Waals surface area contributed by atoms with E-state index in [1.54, 1.807) is 0 Å². The molecule has 0 aliphatic heterocycles. The van der Waals surface area contributed by atoms with Crippen LogP contribution in [0.1, 0.15) is 23.2 Å². The van der Waals surface area contributed by atoms with Crippen LogP contribution in [-0.2, 0) is 16.5 Å². The van der Waals surface area contributed by atoms with E-state index >= 15 is 0 Å². The summed E-state index contributed by atoms with van der Waals surface area (Å²) in [4.78, 5) is 13.8. The Bertz CT molecular complexity index is 412. The molecule has 3 nitrogen and oxygen atoms in total. The van der Waals surface area contributed by atoms with Gasteiger partial charge in [0.1, 0.15) is 0 Å². The minimum absolute atomic E-state index is 0.0843. The molecule has 0 aromatic carbocycles. The maximum atomic E-state index is 13.0. The first-order valence-corrected chi connectivity index (χ1v) is 5.32. The minimum Gasteiger partial charge on any atom is -0.481 e. The predicted molar refractivity (Wildman–Crippen MR) is 53.1 cm³/mol. The van der Waals surface area contributed by atoms with Crippen LogP contribution in [0.5, 0.6) is 0 Å². The molecule has 0 radical (unpaired) electrons. The highest BCUT2D eigenvalue weighted by Gasteiger charge is 2.19. The Labute approximate surface area is 97.4 Å². The molecule has 1 rings (SSSR count). The monoisotopic (exact) mass is 297 g/mol. The molecule has 16 heavy (non-hydrogen) atoms. The van der Waals surface area contributed by atoms with Gasteiger partial charge >= 0.3 is 5.97 Å². The number of nitrogens with zero attached hydrogens (tertiary/aromatic N) is 1. The third-order valence-electron chi connectivity index (χ3n) is 1.88. The molecule has 0 spiro atoms. The molecule has 0 fully saturated rings. The minimum atomic E-state index is -3.01. The average Bonchev–Trinajstić information content (AvgIpc) is 2.18. The molecular weight excluding hydrogens is 291 g/mol. The summed E-state index contributed by atoms with van der Waals surface area (Å²) in [5.41, 5.74) is -0.675. The lowest BCUT2D eigenvalue weighted by Crippen LogP contribution is -2.08. The number of hydrogen-bond acceptors (Lipinski definition) is 2. The average molecular weight is 298 g/mol. The van der Waals surface area contributed by atoms with E-state index < -0.39 is 30.3 Å². The molecule has 1 N–H and O–H groups in total. The molecule has 1 heterocycles. The van der Waals surface area contributed by atoms with Gasteiger partial charge in [-0.25, -0.2) is 13.8 Å². The van der Waals surface area contributed by atoms with Gasteiger partial charge in [0.05, 0.1) is 17.7 Å². The number of hydrogen-bond donors (Lipinski definition) is 1. The molecule has 0 unspecified atom stereocenters. The van der Waals surface area contributed by atoms with Gasteiger partial charge in [-0.2, -0.15) is 4.39 Å². The Morgan fingerprint density at radius 1 is 1.56 bits per heavy atom. The van der Waals surface area contributed by atoms with Crippen LogP contribution < -0.4 is 0 Å². The summed E-state index contributed by atoms with van der Waals surface area (Å²) in [6.07, 6.45) is -3.47. The van der Waals surface area contributed by atoms with Crippen molar-refractivity contribution in [2.24, 2.45) is 0 Å². The van der Waals surface area contributed by atoms with Crippen molar-refractivity contribution in [2.75, 3.05) is 0 Å². The number of alkyl halides is 3. The zero-order valence-electron chi connectivity index (χ0n) is 7.88. The predicted octanol–water partition coefficient (Wildman–Crippen LogP) is 2.68. The quantitative estimate of drug-likeness (QED) is 0.687. The van der Waals surface area contributed by atoms with Gasteiger partial charge in [0.25, 0.3) is 6.43 Å². The second kappa shape index (κ2) is 5.29. The van der Waals surface area contributed by atoms with Gasteiger partial charge in [-0.15, -0.1) is 0 Å². The number of aliphatic carboxylic acids is 1. The molecule has 0 bridgehead atoms. The summed E-state index contributed by atoms with van der Waals surface area (Å²) < 4.78 is 37.7. The van der Waals surface area contributed by atoms with E-state index in [9.17, 15) is 18.0 Å². The lowest BCUT2D eigenvalue weighted by molar-refractivity contribution is -0.136. The molecule has 0 aliphatic carbocycles. The summed E-state index contributed by atoms with van der Waals surface area (Å²) >= 11 is 2.98. The molecule has 1 aromatic heterocycles. The molecule has 0 aliphatic rings. The van der Waals surface area contributed by atoms with Gasteiger partial charge in [0, 0.05) is 5.33 Å². The Morgan fingerprint density at radius 2 is 2.19 bits per heavy atom. The van der Waals surface area contributed by atoms with Crippen LogP contribution in [0.3, 0.4) is 0 Å². The van der Waals surface area contributed by atoms with Crippen LogP contribution in [-0.4, -0.2) is 16.1 Å². The Hall–Kier alpha value is -1.11. The maximum Gasteiger partial charge on any atom is 0.307 e. The van der Waals surface area contributed by atoms with Crippen LogP contribution in [0.25, 0.3) is 0 Å². The third-order valence-corrected chi connectivity index (χ3v) is 2.41. The lowest BCUT2D eigenvalue weighted by atomic mass is 10.1. The SMILES string of the molecule is O=C(O)Cc1cc(C(F)F)c(F)nc1CBr. The summed E-state index contributed by atoms with van der Waals surface area (Å²) in [6, 6.07) is 0.845. The zero-order chi connectivity index (χ0) is 12.3. The number of carboxylic acid groups (broad SMARTS) is 1. The van der Waals surface area contributed by atoms with Crippen molar-refractivity contribution in [3.8, 4) is 0 Å². The zero-order valence-corrected chi connectivity index (χ0v) is 9.47. The first-order chi connectivity index (χ1) is 7.45. The molecular formula is C9H7BrF3NO2. The molecule has 7 heteroatoms. The second-order valence-electron chi connectivity index (χ2n) is 2.98. The molecule has 0 atom stereocenters. The first-order valence-electron chi connectivity index (χ1n) is 4.19. The molecule has 0 saturated carbocycles. The van der Waals surface area contributed by atoms with Crippen LogP contribution in [0.4, 0.5) is 13.2 Å². The fourth-order valence-corrected chi connectivity index (χ4v) is 1.66. The number of rotatable bonds is 4. The molecule has 0 saturated heterocycles. The Balaban J connectivity index is 3.22. The van der Waals surface area contributed by atoms with Crippen molar-refractivity contribution in [3.05, 3.63) is 28.8 Å². The fourth-order valence-electron chi connectivity index (χ4n) is 1.17. The highest BCUT2D eigenvalue weighted by molar-refractivity contribution is 9.08. The maximum absolute atomic E-state index is 13.0. The smallest absolute Gasteiger partial charge is 0.307 e. The highest BCUT2D eigenvalue weighted by atomic mass is 79.9. The summed E-state index contributed by atoms with van der Waals surface area (Å²) in [5, 5.41) is 8.67. The van der Waals surface area contributed by atoms with Crippen molar-refractivity contribution in [1.29, 1.82) is 0 Å². The normalized spacial score (nSPS) is 10.8. The van der Waals surface area contributed by atoms with Gasteiger partial charge in [-0.05, 0) is 11.6 Å². The van der Waals surface area contributed by atoms with Gasteiger partial charge < -0.3 is 5.11 Å². The van der Waals surface area contributed by atoms with Crippen LogP contribution in [0.2, 0.25) is 0 Å². The summed E-state index contributed by atoms with van der Waals surface area (Å²) in [6.45, 7) is 0. The Morgan fingerprint density at radius 3 is 2.62 bits per heavy atom. The van der Waals surface area contributed by atoms with Crippen LogP contribution >= 0.6 is 15.9 Å². The number of carboxylic acids is 1. The van der Waals surface area contributed by atoms with Crippen molar-refractivity contribution in [2.45, 2.75) is 18.2 Å². The van der Waals surface area contributed by atoms with Crippen LogP contribution in [0, 0.1) is 5.95 Å². The van der Waals surface area contributed by atoms with E-state index in [1.165, 1.54) is 0 Å². The van der Waals surface area contributed by atoms with E-state index in [2.05, 4.69) is 20.9 Å². The second-order valence-corrected chi connectivity index (χ2v) is 3.54. The lowest BCUT2D eigenvalue weighted by Gasteiger charge is -2.08. The standard InChI is InChI=1S/C9H7BrF3NO2/c10-3-6-4(2-7(15)16)1-5(8(11)12)9(13)14-6/h1,8H,2-3H2,(H,15,16). The van der Waals surface area contributed by atoms with E-state index in [4.69, 9.17) is 5.11 Å². The summed E-state index contributed by atoms with van der Waals surface area (Å²) in [5.74, 6) is -2.45. The Kier molecular flexibility index (Phi) is 4.28. The molecule has 88 valence electrons. The first kappa shape index (κ1) is 13.0. The van der Waals surface area contributed by atoms with E-state index in [0.717, 1.165) is 6.07 Å². The van der Waals surface area contributed by atoms with Crippen molar-refractivity contribution < 1.29 is 23.1 Å². The van der Waals surface area contributed by atoms with E-state index in [0.29, 0.717) is 0 Å². The number of aromatic nitrogens is 1. The molecule has 1 aromatic rings. The van der Waals surface area contributed by atoms with Crippen molar-refractivity contribution in [1.82, 2.24) is 4.98 Å². The van der Waals surface area contributed by atoms with Crippen molar-refractivity contribution in [3.63, 3.8) is 0 Å².